The van der Waals surface area contributed by atoms with E-state index < -0.39 is 0 Å². The number of ether oxygens (including phenoxy) is 1. The fourth-order valence-electron chi connectivity index (χ4n) is 1.44. The Kier molecular flexibility index (Phi) is 3.47. The van der Waals surface area contributed by atoms with Crippen LogP contribution >= 0.6 is 0 Å². The molecule has 0 radical (unpaired) electrons. The van der Waals surface area contributed by atoms with Crippen molar-refractivity contribution in [2.75, 3.05) is 17.7 Å². The van der Waals surface area contributed by atoms with Crippen LogP contribution in [0.15, 0.2) is 30.3 Å². The number of amides is 2. The summed E-state index contributed by atoms with van der Waals surface area (Å²) in [5, 5.41) is 12.0. The number of urea groups is 1. The second-order valence-electron chi connectivity index (χ2n) is 3.74. The molecule has 0 saturated carbocycles. The van der Waals surface area contributed by atoms with Crippen LogP contribution in [-0.4, -0.2) is 23.3 Å². The van der Waals surface area contributed by atoms with Crippen molar-refractivity contribution in [3.8, 4) is 5.75 Å². The molecule has 1 aromatic heterocycles. The number of nitrogens with zero attached hydrogens (tertiary/aromatic N) is 1. The van der Waals surface area contributed by atoms with Gasteiger partial charge in [0.25, 0.3) is 0 Å². The summed E-state index contributed by atoms with van der Waals surface area (Å²) in [6.45, 7) is 1.86. The van der Waals surface area contributed by atoms with Crippen molar-refractivity contribution in [1.82, 2.24) is 10.2 Å². The Morgan fingerprint density at radius 1 is 1.28 bits per heavy atom. The SMILES string of the molecule is COc1ccc(NC(=O)Nc2cc(C)[nH]n2)cc1. The number of methoxy groups -OCH3 is 1. The van der Waals surface area contributed by atoms with E-state index in [9.17, 15) is 4.79 Å². The fraction of sp³-hybridized carbons (Fsp3) is 0.167. The number of H-pyrrole nitrogens is 1. The number of hydrogen-bond acceptors (Lipinski definition) is 3. The summed E-state index contributed by atoms with van der Waals surface area (Å²) >= 11 is 0. The van der Waals surface area contributed by atoms with Crippen LogP contribution in [0.4, 0.5) is 16.3 Å². The Morgan fingerprint density at radius 3 is 2.56 bits per heavy atom. The molecule has 6 heteroatoms. The van der Waals surface area contributed by atoms with E-state index in [1.54, 1.807) is 37.4 Å². The standard InChI is InChI=1S/C12H14N4O2/c1-8-7-11(16-15-8)14-12(17)13-9-3-5-10(18-2)6-4-9/h3-7H,1-2H3,(H3,13,14,15,16,17). The molecule has 94 valence electrons. The largest absolute Gasteiger partial charge is 0.497 e. The van der Waals surface area contributed by atoms with Crippen molar-refractivity contribution >= 4 is 17.5 Å². The quantitative estimate of drug-likeness (QED) is 0.777. The van der Waals surface area contributed by atoms with E-state index in [1.807, 2.05) is 6.92 Å². The average molecular weight is 246 g/mol. The van der Waals surface area contributed by atoms with Gasteiger partial charge in [0.05, 0.1) is 7.11 Å². The van der Waals surface area contributed by atoms with Crippen LogP contribution in [-0.2, 0) is 0 Å². The topological polar surface area (TPSA) is 79.0 Å². The Hall–Kier alpha value is -2.50. The lowest BCUT2D eigenvalue weighted by atomic mass is 10.3. The van der Waals surface area contributed by atoms with E-state index in [0.29, 0.717) is 11.5 Å². The minimum Gasteiger partial charge on any atom is -0.497 e. The van der Waals surface area contributed by atoms with Crippen LogP contribution < -0.4 is 15.4 Å². The number of aromatic nitrogens is 2. The number of aromatic amines is 1. The van der Waals surface area contributed by atoms with Gasteiger partial charge in [-0.25, -0.2) is 4.79 Å². The lowest BCUT2D eigenvalue weighted by Crippen LogP contribution is -2.19. The van der Waals surface area contributed by atoms with Crippen LogP contribution in [0.5, 0.6) is 5.75 Å². The third-order valence-corrected chi connectivity index (χ3v) is 2.30. The Labute approximate surface area is 104 Å². The molecule has 2 rings (SSSR count). The van der Waals surface area contributed by atoms with E-state index >= 15 is 0 Å². The number of anilines is 2. The number of carbonyl (C=O) groups excluding carboxylic acids is 1. The van der Waals surface area contributed by atoms with Gasteiger partial charge in [0, 0.05) is 17.4 Å². The van der Waals surface area contributed by atoms with E-state index in [1.165, 1.54) is 0 Å². The van der Waals surface area contributed by atoms with Crippen molar-refractivity contribution in [3.63, 3.8) is 0 Å². The van der Waals surface area contributed by atoms with Gasteiger partial charge in [0.1, 0.15) is 5.75 Å². The number of benzene rings is 1. The summed E-state index contributed by atoms with van der Waals surface area (Å²) in [5.41, 5.74) is 1.57. The molecule has 0 aliphatic carbocycles. The third-order valence-electron chi connectivity index (χ3n) is 2.30. The number of carbonyl (C=O) groups is 1. The first-order valence-electron chi connectivity index (χ1n) is 5.41. The predicted molar refractivity (Wildman–Crippen MR) is 69.0 cm³/mol. The van der Waals surface area contributed by atoms with Gasteiger partial charge in [-0.05, 0) is 31.2 Å². The van der Waals surface area contributed by atoms with E-state index in [4.69, 9.17) is 4.74 Å². The summed E-state index contributed by atoms with van der Waals surface area (Å²) in [6, 6.07) is 8.46. The molecule has 1 heterocycles. The molecule has 2 amide bonds. The van der Waals surface area contributed by atoms with Gasteiger partial charge in [-0.15, -0.1) is 0 Å². The second kappa shape index (κ2) is 5.22. The number of aryl methyl sites for hydroxylation is 1. The molecular weight excluding hydrogens is 232 g/mol. The monoisotopic (exact) mass is 246 g/mol. The zero-order valence-electron chi connectivity index (χ0n) is 10.2. The average Bonchev–Trinajstić information content (AvgIpc) is 2.75. The lowest BCUT2D eigenvalue weighted by Gasteiger charge is -2.06. The predicted octanol–water partition coefficient (Wildman–Crippen LogP) is 2.37. The van der Waals surface area contributed by atoms with Gasteiger partial charge in [0.15, 0.2) is 5.82 Å². The second-order valence-corrected chi connectivity index (χ2v) is 3.74. The van der Waals surface area contributed by atoms with E-state index in [-0.39, 0.29) is 6.03 Å². The molecule has 2 aromatic rings. The van der Waals surface area contributed by atoms with Crippen molar-refractivity contribution in [3.05, 3.63) is 36.0 Å². The number of nitrogens with one attached hydrogen (secondary N) is 3. The van der Waals surface area contributed by atoms with Gasteiger partial charge in [0.2, 0.25) is 0 Å². The summed E-state index contributed by atoms with van der Waals surface area (Å²) in [4.78, 5) is 11.6. The summed E-state index contributed by atoms with van der Waals surface area (Å²) in [7, 11) is 1.59. The highest BCUT2D eigenvalue weighted by molar-refractivity contribution is 5.99. The summed E-state index contributed by atoms with van der Waals surface area (Å²) in [5.74, 6) is 1.22. The Balaban J connectivity index is 1.94. The first-order valence-corrected chi connectivity index (χ1v) is 5.41. The van der Waals surface area contributed by atoms with Crippen LogP contribution in [0.2, 0.25) is 0 Å². The van der Waals surface area contributed by atoms with Crippen LogP contribution in [0.1, 0.15) is 5.69 Å². The maximum absolute atomic E-state index is 11.6. The van der Waals surface area contributed by atoms with E-state index in [0.717, 1.165) is 11.4 Å². The molecule has 3 N–H and O–H groups in total. The maximum Gasteiger partial charge on any atom is 0.324 e. The normalized spacial score (nSPS) is 9.89. The van der Waals surface area contributed by atoms with E-state index in [2.05, 4.69) is 20.8 Å². The third kappa shape index (κ3) is 3.00. The molecule has 0 fully saturated rings. The zero-order valence-corrected chi connectivity index (χ0v) is 10.2. The van der Waals surface area contributed by atoms with Gasteiger partial charge >= 0.3 is 6.03 Å². The van der Waals surface area contributed by atoms with Gasteiger partial charge < -0.3 is 10.1 Å². The van der Waals surface area contributed by atoms with Crippen molar-refractivity contribution in [2.24, 2.45) is 0 Å². The Bertz CT molecular complexity index is 533. The highest BCUT2D eigenvalue weighted by Crippen LogP contribution is 2.15. The van der Waals surface area contributed by atoms with Crippen LogP contribution in [0.25, 0.3) is 0 Å². The molecule has 0 spiro atoms. The molecular formula is C12H14N4O2. The molecule has 18 heavy (non-hydrogen) atoms. The molecule has 0 bridgehead atoms. The molecule has 1 aromatic carbocycles. The smallest absolute Gasteiger partial charge is 0.324 e. The lowest BCUT2D eigenvalue weighted by molar-refractivity contribution is 0.262. The highest BCUT2D eigenvalue weighted by atomic mass is 16.5. The zero-order chi connectivity index (χ0) is 13.0. The molecule has 0 atom stereocenters. The first kappa shape index (κ1) is 12.0. The van der Waals surface area contributed by atoms with Crippen molar-refractivity contribution in [2.45, 2.75) is 6.92 Å². The van der Waals surface area contributed by atoms with Crippen molar-refractivity contribution < 1.29 is 9.53 Å². The van der Waals surface area contributed by atoms with Gasteiger partial charge in [-0.1, -0.05) is 0 Å². The molecule has 0 aliphatic heterocycles. The van der Waals surface area contributed by atoms with Crippen LogP contribution in [0, 0.1) is 6.92 Å². The number of rotatable bonds is 3. The molecule has 0 unspecified atom stereocenters. The fourth-order valence-corrected chi connectivity index (χ4v) is 1.44. The maximum atomic E-state index is 11.6. The minimum absolute atomic E-state index is 0.341. The molecule has 6 nitrogen and oxygen atoms in total. The number of hydrogen-bond donors (Lipinski definition) is 3. The summed E-state index contributed by atoms with van der Waals surface area (Å²) < 4.78 is 5.03. The summed E-state index contributed by atoms with van der Waals surface area (Å²) in [6.07, 6.45) is 0. The minimum atomic E-state index is -0.341. The van der Waals surface area contributed by atoms with Gasteiger partial charge in [-0.3, -0.25) is 10.4 Å². The van der Waals surface area contributed by atoms with Crippen molar-refractivity contribution in [1.29, 1.82) is 0 Å². The van der Waals surface area contributed by atoms with Gasteiger partial charge in [-0.2, -0.15) is 5.10 Å². The molecule has 0 aliphatic rings. The van der Waals surface area contributed by atoms with Crippen LogP contribution in [0.3, 0.4) is 0 Å². The Morgan fingerprint density at radius 2 is 2.00 bits per heavy atom. The molecule has 0 saturated heterocycles. The first-order chi connectivity index (χ1) is 8.67. The highest BCUT2D eigenvalue weighted by Gasteiger charge is 2.04.